The summed E-state index contributed by atoms with van der Waals surface area (Å²) in [4.78, 5) is 2.74. The van der Waals surface area contributed by atoms with Gasteiger partial charge in [-0.1, -0.05) is 13.8 Å². The van der Waals surface area contributed by atoms with Gasteiger partial charge in [-0.05, 0) is 63.6 Å². The van der Waals surface area contributed by atoms with Gasteiger partial charge in [0.05, 0.1) is 0 Å². The van der Waals surface area contributed by atoms with Crippen molar-refractivity contribution in [3.8, 4) is 0 Å². The summed E-state index contributed by atoms with van der Waals surface area (Å²) in [7, 11) is 0. The summed E-state index contributed by atoms with van der Waals surface area (Å²) in [6, 6.07) is 0.763. The second-order valence-corrected chi connectivity index (χ2v) is 5.83. The lowest BCUT2D eigenvalue weighted by Crippen LogP contribution is -2.41. The third-order valence-electron chi connectivity index (χ3n) is 4.64. The predicted molar refractivity (Wildman–Crippen MR) is 69.7 cm³/mol. The Kier molecular flexibility index (Phi) is 4.26. The molecule has 94 valence electrons. The van der Waals surface area contributed by atoms with Gasteiger partial charge in [-0.3, -0.25) is 0 Å². The van der Waals surface area contributed by atoms with E-state index < -0.39 is 0 Å². The monoisotopic (exact) mass is 224 g/mol. The van der Waals surface area contributed by atoms with Crippen molar-refractivity contribution < 1.29 is 0 Å². The smallest absolute Gasteiger partial charge is 0.00766 e. The molecule has 2 nitrogen and oxygen atoms in total. The van der Waals surface area contributed by atoms with Crippen LogP contribution in [0.25, 0.3) is 0 Å². The van der Waals surface area contributed by atoms with Gasteiger partial charge in [-0.2, -0.15) is 0 Å². The number of nitrogens with one attached hydrogen (secondary N) is 1. The van der Waals surface area contributed by atoms with Crippen molar-refractivity contribution in [1.29, 1.82) is 0 Å². The molecule has 16 heavy (non-hydrogen) atoms. The lowest BCUT2D eigenvalue weighted by molar-refractivity contribution is 0.189. The van der Waals surface area contributed by atoms with Crippen LogP contribution in [0.15, 0.2) is 0 Å². The third kappa shape index (κ3) is 3.21. The first-order valence-corrected chi connectivity index (χ1v) is 7.24. The van der Waals surface area contributed by atoms with E-state index >= 15 is 0 Å². The van der Waals surface area contributed by atoms with Gasteiger partial charge in [0.25, 0.3) is 0 Å². The fourth-order valence-electron chi connectivity index (χ4n) is 2.94. The molecule has 0 spiro atoms. The summed E-state index contributed by atoms with van der Waals surface area (Å²) in [5.41, 5.74) is 0.730. The summed E-state index contributed by atoms with van der Waals surface area (Å²) in [6.07, 6.45) is 8.31. The van der Waals surface area contributed by atoms with Gasteiger partial charge < -0.3 is 10.2 Å². The third-order valence-corrected chi connectivity index (χ3v) is 4.64. The molecule has 0 aromatic rings. The molecule has 1 atom stereocenters. The minimum Gasteiger partial charge on any atom is -0.314 e. The number of rotatable bonds is 4. The Balaban J connectivity index is 1.79. The first kappa shape index (κ1) is 12.4. The molecule has 0 aromatic heterocycles. The van der Waals surface area contributed by atoms with Crippen LogP contribution in [0.5, 0.6) is 0 Å². The standard InChI is InChI=1S/C14H28N2/c1-3-13-6-11-16(10-5-9-15-13)12-14(4-2)7-8-14/h13,15H,3-12H2,1-2H3. The average molecular weight is 224 g/mol. The number of hydrogen-bond donors (Lipinski definition) is 1. The Morgan fingerprint density at radius 3 is 2.69 bits per heavy atom. The topological polar surface area (TPSA) is 15.3 Å². The Hall–Kier alpha value is -0.0800. The second-order valence-electron chi connectivity index (χ2n) is 5.83. The van der Waals surface area contributed by atoms with E-state index in [1.807, 2.05) is 0 Å². The molecule has 1 unspecified atom stereocenters. The zero-order chi connectivity index (χ0) is 11.4. The van der Waals surface area contributed by atoms with Crippen molar-refractivity contribution in [2.24, 2.45) is 5.41 Å². The van der Waals surface area contributed by atoms with E-state index in [2.05, 4.69) is 24.1 Å². The fourth-order valence-corrected chi connectivity index (χ4v) is 2.94. The lowest BCUT2D eigenvalue weighted by Gasteiger charge is -2.31. The lowest BCUT2D eigenvalue weighted by atomic mass is 10.0. The molecule has 1 aliphatic heterocycles. The highest BCUT2D eigenvalue weighted by atomic mass is 15.1. The molecular formula is C14H28N2. The Morgan fingerprint density at radius 1 is 1.25 bits per heavy atom. The molecule has 2 rings (SSSR count). The minimum atomic E-state index is 0.730. The van der Waals surface area contributed by atoms with E-state index in [9.17, 15) is 0 Å². The first-order chi connectivity index (χ1) is 7.78. The predicted octanol–water partition coefficient (Wildman–Crippen LogP) is 2.64. The highest BCUT2D eigenvalue weighted by molar-refractivity contribution is 4.94. The minimum absolute atomic E-state index is 0.730. The number of hydrogen-bond acceptors (Lipinski definition) is 2. The Bertz CT molecular complexity index is 211. The van der Waals surface area contributed by atoms with Gasteiger partial charge in [0.1, 0.15) is 0 Å². The quantitative estimate of drug-likeness (QED) is 0.790. The van der Waals surface area contributed by atoms with Crippen molar-refractivity contribution in [1.82, 2.24) is 10.2 Å². The van der Waals surface area contributed by atoms with Crippen LogP contribution >= 0.6 is 0 Å². The van der Waals surface area contributed by atoms with Gasteiger partial charge in [0.2, 0.25) is 0 Å². The van der Waals surface area contributed by atoms with Gasteiger partial charge in [-0.25, -0.2) is 0 Å². The number of nitrogens with zero attached hydrogens (tertiary/aromatic N) is 1. The molecule has 2 heteroatoms. The van der Waals surface area contributed by atoms with E-state index in [0.717, 1.165) is 11.5 Å². The van der Waals surface area contributed by atoms with Crippen LogP contribution in [0.3, 0.4) is 0 Å². The molecule has 1 N–H and O–H groups in total. The molecule has 1 saturated carbocycles. The highest BCUT2D eigenvalue weighted by Crippen LogP contribution is 2.49. The van der Waals surface area contributed by atoms with Crippen molar-refractivity contribution in [3.63, 3.8) is 0 Å². The molecule has 1 heterocycles. The summed E-state index contributed by atoms with van der Waals surface area (Å²) in [5, 5.41) is 3.66. The Labute approximate surface area is 101 Å². The molecule has 0 aromatic carbocycles. The molecule has 0 amide bonds. The molecular weight excluding hydrogens is 196 g/mol. The van der Waals surface area contributed by atoms with Crippen LogP contribution in [0, 0.1) is 5.41 Å². The zero-order valence-corrected chi connectivity index (χ0v) is 11.1. The maximum absolute atomic E-state index is 3.66. The van der Waals surface area contributed by atoms with Crippen LogP contribution in [-0.2, 0) is 0 Å². The van der Waals surface area contributed by atoms with E-state index in [1.165, 1.54) is 64.7 Å². The summed E-state index contributed by atoms with van der Waals surface area (Å²) >= 11 is 0. The van der Waals surface area contributed by atoms with Gasteiger partial charge in [0, 0.05) is 12.6 Å². The van der Waals surface area contributed by atoms with Crippen molar-refractivity contribution in [2.45, 2.75) is 58.4 Å². The van der Waals surface area contributed by atoms with Crippen molar-refractivity contribution in [3.05, 3.63) is 0 Å². The molecule has 1 aliphatic carbocycles. The summed E-state index contributed by atoms with van der Waals surface area (Å²) < 4.78 is 0. The van der Waals surface area contributed by atoms with Crippen LogP contribution in [-0.4, -0.2) is 37.1 Å². The SMILES string of the molecule is CCC1CCN(CC2(CC)CC2)CCCN1. The van der Waals surface area contributed by atoms with E-state index in [4.69, 9.17) is 0 Å². The van der Waals surface area contributed by atoms with Crippen molar-refractivity contribution in [2.75, 3.05) is 26.2 Å². The normalized spacial score (nSPS) is 30.8. The maximum Gasteiger partial charge on any atom is 0.00766 e. The zero-order valence-electron chi connectivity index (χ0n) is 11.1. The average Bonchev–Trinajstić information content (AvgIpc) is 3.04. The highest BCUT2D eigenvalue weighted by Gasteiger charge is 2.41. The van der Waals surface area contributed by atoms with Crippen LogP contribution in [0.2, 0.25) is 0 Å². The first-order valence-electron chi connectivity index (χ1n) is 7.24. The van der Waals surface area contributed by atoms with E-state index in [0.29, 0.717) is 0 Å². The van der Waals surface area contributed by atoms with Gasteiger partial charge >= 0.3 is 0 Å². The van der Waals surface area contributed by atoms with E-state index in [-0.39, 0.29) is 0 Å². The summed E-state index contributed by atoms with van der Waals surface area (Å²) in [6.45, 7) is 9.89. The second kappa shape index (κ2) is 5.50. The van der Waals surface area contributed by atoms with Gasteiger partial charge in [-0.15, -0.1) is 0 Å². The molecule has 2 aliphatic rings. The van der Waals surface area contributed by atoms with Crippen LogP contribution in [0.1, 0.15) is 52.4 Å². The molecule has 0 radical (unpaired) electrons. The molecule has 2 fully saturated rings. The van der Waals surface area contributed by atoms with Crippen LogP contribution in [0.4, 0.5) is 0 Å². The van der Waals surface area contributed by atoms with E-state index in [1.54, 1.807) is 0 Å². The van der Waals surface area contributed by atoms with Crippen molar-refractivity contribution >= 4 is 0 Å². The molecule has 1 saturated heterocycles. The largest absolute Gasteiger partial charge is 0.314 e. The maximum atomic E-state index is 3.66. The Morgan fingerprint density at radius 2 is 2.06 bits per heavy atom. The summed E-state index contributed by atoms with van der Waals surface area (Å²) in [5.74, 6) is 0. The van der Waals surface area contributed by atoms with Gasteiger partial charge in [0.15, 0.2) is 0 Å². The van der Waals surface area contributed by atoms with Crippen LogP contribution < -0.4 is 5.32 Å². The molecule has 0 bridgehead atoms. The fraction of sp³-hybridized carbons (Fsp3) is 1.00.